The highest BCUT2D eigenvalue weighted by Gasteiger charge is 2.13. The molecule has 2 N–H and O–H groups in total. The van der Waals surface area contributed by atoms with E-state index in [1.165, 1.54) is 19.3 Å². The summed E-state index contributed by atoms with van der Waals surface area (Å²) in [7, 11) is 0. The number of nitrogens with one attached hydrogen (secondary N) is 2. The first-order chi connectivity index (χ1) is 15.2. The highest BCUT2D eigenvalue weighted by Crippen LogP contribution is 2.24. The first kappa shape index (κ1) is 19.5. The quantitative estimate of drug-likeness (QED) is 0.521. The number of para-hydroxylation sites is 1. The fraction of sp³-hybridized carbons (Fsp3) is 0.292. The van der Waals surface area contributed by atoms with Crippen molar-refractivity contribution in [2.45, 2.75) is 25.7 Å². The molecular formula is C24H25N5O2. The zero-order valence-electron chi connectivity index (χ0n) is 17.3. The molecule has 3 heterocycles. The maximum absolute atomic E-state index is 12.4. The van der Waals surface area contributed by atoms with Gasteiger partial charge < -0.3 is 15.2 Å². The Labute approximate surface area is 179 Å². The molecule has 2 aromatic carbocycles. The molecule has 7 heteroatoms. The molecule has 4 aromatic rings. The van der Waals surface area contributed by atoms with Gasteiger partial charge in [-0.05, 0) is 50.2 Å². The molecular weight excluding hydrogens is 390 g/mol. The Morgan fingerprint density at radius 2 is 1.87 bits per heavy atom. The average Bonchev–Trinajstić information content (AvgIpc) is 3.23. The Morgan fingerprint density at radius 3 is 2.74 bits per heavy atom. The van der Waals surface area contributed by atoms with Crippen molar-refractivity contribution in [3.8, 4) is 11.3 Å². The normalized spacial score (nSPS) is 14.8. The summed E-state index contributed by atoms with van der Waals surface area (Å²) < 4.78 is 1.75. The number of amides is 1. The molecule has 5 rings (SSSR count). The summed E-state index contributed by atoms with van der Waals surface area (Å²) in [5.74, 6) is 0.0213. The number of benzene rings is 2. The number of hydrogen-bond acceptors (Lipinski definition) is 4. The van der Waals surface area contributed by atoms with Crippen molar-refractivity contribution in [1.29, 1.82) is 0 Å². The van der Waals surface area contributed by atoms with E-state index in [0.29, 0.717) is 17.5 Å². The van der Waals surface area contributed by atoms with E-state index in [1.54, 1.807) is 10.6 Å². The van der Waals surface area contributed by atoms with Gasteiger partial charge in [0, 0.05) is 30.3 Å². The number of piperidine rings is 1. The van der Waals surface area contributed by atoms with Crippen molar-refractivity contribution < 1.29 is 4.79 Å². The molecule has 31 heavy (non-hydrogen) atoms. The van der Waals surface area contributed by atoms with Crippen molar-refractivity contribution in [2.24, 2.45) is 0 Å². The number of likely N-dealkylation sites (tertiary alicyclic amines) is 1. The Balaban J connectivity index is 1.36. The topological polar surface area (TPSA) is 82.5 Å². The lowest BCUT2D eigenvalue weighted by Crippen LogP contribution is -2.32. The number of H-pyrrole nitrogens is 1. The molecule has 2 aromatic heterocycles. The Bertz CT molecular complexity index is 1300. The minimum Gasteiger partial charge on any atom is -0.326 e. The second-order valence-corrected chi connectivity index (χ2v) is 8.08. The second kappa shape index (κ2) is 8.35. The third-order valence-corrected chi connectivity index (χ3v) is 5.87. The number of anilines is 1. The lowest BCUT2D eigenvalue weighted by atomic mass is 10.1. The van der Waals surface area contributed by atoms with Gasteiger partial charge in [-0.25, -0.2) is 4.52 Å². The molecule has 1 fully saturated rings. The standard InChI is InChI=1S/C24H25N5O2/c30-23(11-14-28-12-4-1-5-13-28)25-18-8-6-7-17(15-18)20-16-22-26-24(31)19-9-2-3-10-21(19)29(22)27-20/h2-3,6-10,15-16H,1,4-5,11-14H2,(H,25,30)(H,26,31). The van der Waals surface area contributed by atoms with Crippen molar-refractivity contribution in [3.63, 3.8) is 0 Å². The van der Waals surface area contributed by atoms with Gasteiger partial charge in [0.2, 0.25) is 5.91 Å². The number of aromatic nitrogens is 3. The van der Waals surface area contributed by atoms with Crippen LogP contribution in [0.2, 0.25) is 0 Å². The summed E-state index contributed by atoms with van der Waals surface area (Å²) in [4.78, 5) is 30.0. The highest BCUT2D eigenvalue weighted by molar-refractivity contribution is 5.91. The number of hydrogen-bond donors (Lipinski definition) is 2. The van der Waals surface area contributed by atoms with Crippen LogP contribution >= 0.6 is 0 Å². The molecule has 0 radical (unpaired) electrons. The maximum Gasteiger partial charge on any atom is 0.259 e. The van der Waals surface area contributed by atoms with Crippen LogP contribution in [-0.2, 0) is 4.79 Å². The van der Waals surface area contributed by atoms with Crippen LogP contribution in [0.5, 0.6) is 0 Å². The van der Waals surface area contributed by atoms with Gasteiger partial charge in [0.25, 0.3) is 5.56 Å². The third kappa shape index (κ3) is 4.09. The first-order valence-electron chi connectivity index (χ1n) is 10.8. The average molecular weight is 415 g/mol. The van der Waals surface area contributed by atoms with Crippen LogP contribution in [-0.4, -0.2) is 45.0 Å². The van der Waals surface area contributed by atoms with Gasteiger partial charge in [-0.1, -0.05) is 30.7 Å². The van der Waals surface area contributed by atoms with Gasteiger partial charge in [0.05, 0.1) is 16.6 Å². The van der Waals surface area contributed by atoms with Crippen LogP contribution in [0.4, 0.5) is 5.69 Å². The van der Waals surface area contributed by atoms with Gasteiger partial charge in [-0.3, -0.25) is 9.59 Å². The van der Waals surface area contributed by atoms with E-state index < -0.39 is 0 Å². The molecule has 0 aliphatic carbocycles. The van der Waals surface area contributed by atoms with E-state index in [-0.39, 0.29) is 11.5 Å². The number of aromatic amines is 1. The molecule has 158 valence electrons. The summed E-state index contributed by atoms with van der Waals surface area (Å²) in [6.45, 7) is 2.99. The first-order valence-corrected chi connectivity index (χ1v) is 10.8. The summed E-state index contributed by atoms with van der Waals surface area (Å²) in [5.41, 5.74) is 3.61. The minimum atomic E-state index is -0.135. The molecule has 0 saturated carbocycles. The van der Waals surface area contributed by atoms with Crippen molar-refractivity contribution in [2.75, 3.05) is 25.0 Å². The van der Waals surface area contributed by atoms with Crippen molar-refractivity contribution in [1.82, 2.24) is 19.5 Å². The summed E-state index contributed by atoms with van der Waals surface area (Å²) in [6.07, 6.45) is 4.24. The fourth-order valence-corrected chi connectivity index (χ4v) is 4.25. The Kier molecular flexibility index (Phi) is 5.26. The third-order valence-electron chi connectivity index (χ3n) is 5.87. The lowest BCUT2D eigenvalue weighted by molar-refractivity contribution is -0.116. The predicted molar refractivity (Wildman–Crippen MR) is 122 cm³/mol. The molecule has 0 bridgehead atoms. The molecule has 1 aliphatic rings. The van der Waals surface area contributed by atoms with Crippen LogP contribution in [0, 0.1) is 0 Å². The minimum absolute atomic E-state index is 0.0213. The van der Waals surface area contributed by atoms with Crippen LogP contribution in [0.3, 0.4) is 0 Å². The van der Waals surface area contributed by atoms with E-state index >= 15 is 0 Å². The summed E-state index contributed by atoms with van der Waals surface area (Å²) >= 11 is 0. The Hall–Kier alpha value is -3.45. The lowest BCUT2D eigenvalue weighted by Gasteiger charge is -2.25. The van der Waals surface area contributed by atoms with Crippen LogP contribution in [0.1, 0.15) is 25.7 Å². The van der Waals surface area contributed by atoms with E-state index in [1.807, 2.05) is 48.5 Å². The van der Waals surface area contributed by atoms with Gasteiger partial charge in [0.15, 0.2) is 0 Å². The predicted octanol–water partition coefficient (Wildman–Crippen LogP) is 3.66. The van der Waals surface area contributed by atoms with Gasteiger partial charge in [0.1, 0.15) is 5.65 Å². The van der Waals surface area contributed by atoms with Crippen LogP contribution < -0.4 is 10.9 Å². The number of fused-ring (bicyclic) bond motifs is 3. The summed E-state index contributed by atoms with van der Waals surface area (Å²) in [5, 5.41) is 8.30. The molecule has 1 amide bonds. The monoisotopic (exact) mass is 415 g/mol. The van der Waals surface area contributed by atoms with E-state index in [0.717, 1.165) is 42.1 Å². The van der Waals surface area contributed by atoms with E-state index in [9.17, 15) is 9.59 Å². The van der Waals surface area contributed by atoms with Gasteiger partial charge in [-0.15, -0.1) is 0 Å². The number of carbonyl (C=O) groups is 1. The van der Waals surface area contributed by atoms with E-state index in [4.69, 9.17) is 5.10 Å². The SMILES string of the molecule is O=C(CCN1CCCCC1)Nc1cccc(-c2cc3[nH]c(=O)c4ccccc4n3n2)c1. The van der Waals surface area contributed by atoms with Crippen molar-refractivity contribution in [3.05, 3.63) is 65.0 Å². The molecule has 0 spiro atoms. The van der Waals surface area contributed by atoms with Crippen molar-refractivity contribution >= 4 is 28.1 Å². The fourth-order valence-electron chi connectivity index (χ4n) is 4.25. The maximum atomic E-state index is 12.4. The van der Waals surface area contributed by atoms with Gasteiger partial charge in [-0.2, -0.15) is 5.10 Å². The smallest absolute Gasteiger partial charge is 0.259 e. The van der Waals surface area contributed by atoms with E-state index in [2.05, 4.69) is 15.2 Å². The zero-order chi connectivity index (χ0) is 21.2. The van der Waals surface area contributed by atoms with Gasteiger partial charge >= 0.3 is 0 Å². The van der Waals surface area contributed by atoms with Crippen LogP contribution in [0.15, 0.2) is 59.4 Å². The summed E-state index contributed by atoms with van der Waals surface area (Å²) in [6, 6.07) is 16.9. The highest BCUT2D eigenvalue weighted by atomic mass is 16.1. The number of carbonyl (C=O) groups excluding carboxylic acids is 1. The zero-order valence-corrected chi connectivity index (χ0v) is 17.3. The number of rotatable bonds is 5. The number of nitrogens with zero attached hydrogens (tertiary/aromatic N) is 3. The Morgan fingerprint density at radius 1 is 1.03 bits per heavy atom. The molecule has 0 atom stereocenters. The molecule has 1 aliphatic heterocycles. The second-order valence-electron chi connectivity index (χ2n) is 8.08. The largest absolute Gasteiger partial charge is 0.326 e. The molecule has 1 saturated heterocycles. The van der Waals surface area contributed by atoms with Crippen LogP contribution in [0.25, 0.3) is 27.8 Å². The molecule has 7 nitrogen and oxygen atoms in total. The molecule has 0 unspecified atom stereocenters.